The molecule has 0 radical (unpaired) electrons. The van der Waals surface area contributed by atoms with Crippen LogP contribution in [-0.4, -0.2) is 22.0 Å². The molecule has 1 saturated heterocycles. The summed E-state index contributed by atoms with van der Waals surface area (Å²) in [7, 11) is 0. The zero-order valence-electron chi connectivity index (χ0n) is 14.1. The Morgan fingerprint density at radius 2 is 1.42 bits per heavy atom. The van der Waals surface area contributed by atoms with Crippen LogP contribution in [0.2, 0.25) is 0 Å². The van der Waals surface area contributed by atoms with Crippen molar-refractivity contribution in [2.45, 2.75) is 73.9 Å². The van der Waals surface area contributed by atoms with Crippen LogP contribution in [0, 0.1) is 29.6 Å². The average Bonchev–Trinajstić information content (AvgIpc) is 2.26. The van der Waals surface area contributed by atoms with Crippen LogP contribution in [0.25, 0.3) is 0 Å². The van der Waals surface area contributed by atoms with Crippen molar-refractivity contribution >= 4 is 17.2 Å². The van der Waals surface area contributed by atoms with E-state index in [-0.39, 0.29) is 0 Å². The number of hydrogen-bond donors (Lipinski definition) is 0. The van der Waals surface area contributed by atoms with Crippen molar-refractivity contribution in [1.29, 1.82) is 0 Å². The predicted molar refractivity (Wildman–Crippen MR) is 89.5 cm³/mol. The molecule has 112 valence electrons. The van der Waals surface area contributed by atoms with Crippen molar-refractivity contribution in [3.8, 4) is 0 Å². The highest BCUT2D eigenvalue weighted by Crippen LogP contribution is 2.41. The Kier molecular flexibility index (Phi) is 5.85. The Labute approximate surface area is 126 Å². The van der Waals surface area contributed by atoms with Crippen LogP contribution >= 0.6 is 12.2 Å². The highest BCUT2D eigenvalue weighted by molar-refractivity contribution is 7.80. The topological polar surface area (TPSA) is 3.24 Å². The molecule has 0 aliphatic carbocycles. The van der Waals surface area contributed by atoms with Crippen LogP contribution in [0.15, 0.2) is 0 Å². The maximum Gasteiger partial charge on any atom is 0.0818 e. The van der Waals surface area contributed by atoms with Crippen LogP contribution in [0.4, 0.5) is 0 Å². The summed E-state index contributed by atoms with van der Waals surface area (Å²) in [5.74, 6) is 3.41. The van der Waals surface area contributed by atoms with E-state index in [1.165, 1.54) is 11.4 Å². The van der Waals surface area contributed by atoms with Gasteiger partial charge in [-0.2, -0.15) is 0 Å². The van der Waals surface area contributed by atoms with E-state index >= 15 is 0 Å². The first-order chi connectivity index (χ1) is 8.68. The lowest BCUT2D eigenvalue weighted by atomic mass is 9.70. The minimum absolute atomic E-state index is 0.516. The second-order valence-corrected chi connectivity index (χ2v) is 7.99. The zero-order chi connectivity index (χ0) is 14.9. The number of nitrogens with zero attached hydrogens (tertiary/aromatic N) is 1. The molecule has 1 aliphatic heterocycles. The SMILES string of the molecule is CC(C)C1CC(C(C)C)C(C(C)C)N(C(C)C)C1=S. The van der Waals surface area contributed by atoms with Crippen molar-refractivity contribution < 1.29 is 0 Å². The number of rotatable bonds is 4. The highest BCUT2D eigenvalue weighted by Gasteiger charge is 2.43. The number of likely N-dealkylation sites (tertiary alicyclic amines) is 1. The first-order valence-electron chi connectivity index (χ1n) is 8.00. The summed E-state index contributed by atoms with van der Waals surface area (Å²) >= 11 is 5.86. The molecule has 1 aliphatic rings. The first kappa shape index (κ1) is 16.9. The van der Waals surface area contributed by atoms with Crippen molar-refractivity contribution in [2.75, 3.05) is 0 Å². The van der Waals surface area contributed by atoms with Gasteiger partial charge < -0.3 is 4.90 Å². The summed E-state index contributed by atoms with van der Waals surface area (Å²) in [5.41, 5.74) is 0. The quantitative estimate of drug-likeness (QED) is 0.668. The maximum absolute atomic E-state index is 5.86. The Morgan fingerprint density at radius 3 is 1.74 bits per heavy atom. The van der Waals surface area contributed by atoms with Gasteiger partial charge in [0.05, 0.1) is 4.99 Å². The Balaban J connectivity index is 3.15. The molecule has 0 amide bonds. The summed E-state index contributed by atoms with van der Waals surface area (Å²) in [6, 6.07) is 1.13. The number of hydrogen-bond acceptors (Lipinski definition) is 1. The third-order valence-electron chi connectivity index (χ3n) is 4.76. The molecular weight excluding hydrogens is 250 g/mol. The van der Waals surface area contributed by atoms with E-state index < -0.39 is 0 Å². The lowest BCUT2D eigenvalue weighted by Crippen LogP contribution is -2.58. The standard InChI is InChI=1S/C17H33NS/c1-10(2)14-9-15(11(3)4)17(19)18(13(7)8)16(14)12(5)6/h10-16H,9H2,1-8H3. The van der Waals surface area contributed by atoms with Gasteiger partial charge in [-0.3, -0.25) is 0 Å². The molecule has 3 unspecified atom stereocenters. The van der Waals surface area contributed by atoms with Crippen LogP contribution in [0.3, 0.4) is 0 Å². The summed E-state index contributed by atoms with van der Waals surface area (Å²) < 4.78 is 0. The molecule has 1 heterocycles. The van der Waals surface area contributed by atoms with Gasteiger partial charge in [-0.25, -0.2) is 0 Å². The molecule has 1 rings (SSSR count). The normalized spacial score (nSPS) is 29.2. The molecule has 0 bridgehead atoms. The molecular formula is C17H33NS. The van der Waals surface area contributed by atoms with Crippen LogP contribution in [0.1, 0.15) is 61.8 Å². The Hall–Kier alpha value is -0.110. The van der Waals surface area contributed by atoms with E-state index in [4.69, 9.17) is 12.2 Å². The molecule has 2 heteroatoms. The summed E-state index contributed by atoms with van der Waals surface area (Å²) in [6.07, 6.45) is 1.28. The molecule has 1 nitrogen and oxygen atoms in total. The summed E-state index contributed by atoms with van der Waals surface area (Å²) in [4.78, 5) is 3.79. The predicted octanol–water partition coefficient (Wildman–Crippen LogP) is 5.00. The Morgan fingerprint density at radius 1 is 0.895 bits per heavy atom. The fourth-order valence-electron chi connectivity index (χ4n) is 3.72. The number of thiocarbonyl (C=S) groups is 1. The molecule has 0 aromatic rings. The van der Waals surface area contributed by atoms with Crippen molar-refractivity contribution in [1.82, 2.24) is 4.90 Å². The maximum atomic E-state index is 5.86. The van der Waals surface area contributed by atoms with Crippen molar-refractivity contribution in [2.24, 2.45) is 29.6 Å². The summed E-state index contributed by atoms with van der Waals surface area (Å²) in [5, 5.41) is 0. The molecule has 3 atom stereocenters. The van der Waals surface area contributed by atoms with E-state index in [0.29, 0.717) is 29.8 Å². The molecule has 0 aromatic heterocycles. The van der Waals surface area contributed by atoms with Gasteiger partial charge >= 0.3 is 0 Å². The van der Waals surface area contributed by atoms with Crippen molar-refractivity contribution in [3.05, 3.63) is 0 Å². The second kappa shape index (κ2) is 6.56. The third-order valence-corrected chi connectivity index (χ3v) is 5.27. The van der Waals surface area contributed by atoms with Gasteiger partial charge in [0, 0.05) is 18.0 Å². The van der Waals surface area contributed by atoms with E-state index in [0.717, 1.165) is 11.8 Å². The van der Waals surface area contributed by atoms with Gasteiger partial charge in [0.2, 0.25) is 0 Å². The fourth-order valence-corrected chi connectivity index (χ4v) is 4.42. The second-order valence-electron chi connectivity index (χ2n) is 7.57. The van der Waals surface area contributed by atoms with E-state index in [1.807, 2.05) is 0 Å². The molecule has 0 aromatic carbocycles. The first-order valence-corrected chi connectivity index (χ1v) is 8.41. The molecule has 0 saturated carbocycles. The third kappa shape index (κ3) is 3.51. The van der Waals surface area contributed by atoms with Crippen molar-refractivity contribution in [3.63, 3.8) is 0 Å². The lowest BCUT2D eigenvalue weighted by molar-refractivity contribution is 0.0671. The van der Waals surface area contributed by atoms with Crippen LogP contribution in [-0.2, 0) is 0 Å². The van der Waals surface area contributed by atoms with Gasteiger partial charge in [-0.15, -0.1) is 0 Å². The van der Waals surface area contributed by atoms with Crippen LogP contribution in [0.5, 0.6) is 0 Å². The monoisotopic (exact) mass is 283 g/mol. The molecule has 1 fully saturated rings. The zero-order valence-corrected chi connectivity index (χ0v) is 14.9. The minimum Gasteiger partial charge on any atom is -0.360 e. The number of piperidine rings is 1. The molecule has 0 spiro atoms. The highest BCUT2D eigenvalue weighted by atomic mass is 32.1. The van der Waals surface area contributed by atoms with Gasteiger partial charge in [0.15, 0.2) is 0 Å². The van der Waals surface area contributed by atoms with Gasteiger partial charge in [0.1, 0.15) is 0 Å². The van der Waals surface area contributed by atoms with Gasteiger partial charge in [-0.1, -0.05) is 53.8 Å². The molecule has 0 N–H and O–H groups in total. The van der Waals surface area contributed by atoms with Gasteiger partial charge in [0.25, 0.3) is 0 Å². The van der Waals surface area contributed by atoms with Gasteiger partial charge in [-0.05, 0) is 43.9 Å². The smallest absolute Gasteiger partial charge is 0.0818 e. The van der Waals surface area contributed by atoms with E-state index in [1.54, 1.807) is 0 Å². The average molecular weight is 284 g/mol. The fraction of sp³-hybridized carbons (Fsp3) is 0.941. The minimum atomic E-state index is 0.516. The van der Waals surface area contributed by atoms with E-state index in [9.17, 15) is 0 Å². The Bertz CT molecular complexity index is 306. The lowest BCUT2D eigenvalue weighted by Gasteiger charge is -2.52. The van der Waals surface area contributed by atoms with Crippen LogP contribution < -0.4 is 0 Å². The van der Waals surface area contributed by atoms with E-state index in [2.05, 4.69) is 60.3 Å². The summed E-state index contributed by atoms with van der Waals surface area (Å²) in [6.45, 7) is 18.7. The molecule has 19 heavy (non-hydrogen) atoms. The largest absolute Gasteiger partial charge is 0.360 e.